The van der Waals surface area contributed by atoms with Crippen molar-refractivity contribution < 1.29 is 9.13 Å². The highest BCUT2D eigenvalue weighted by Crippen LogP contribution is 2.27. The molecular formula is C9H8BrFO. The molecule has 0 atom stereocenters. The Balaban J connectivity index is 2.30. The number of ether oxygens (including phenoxy) is 1. The molecule has 1 saturated heterocycles. The van der Waals surface area contributed by atoms with Crippen LogP contribution in [-0.4, -0.2) is 13.2 Å². The summed E-state index contributed by atoms with van der Waals surface area (Å²) >= 11 is 3.25. The second-order valence-corrected chi connectivity index (χ2v) is 3.85. The Kier molecular flexibility index (Phi) is 2.15. The molecule has 1 aliphatic heterocycles. The van der Waals surface area contributed by atoms with Crippen molar-refractivity contribution in [1.29, 1.82) is 0 Å². The van der Waals surface area contributed by atoms with Gasteiger partial charge in [0.05, 0.1) is 13.2 Å². The number of halogens is 2. The quantitative estimate of drug-likeness (QED) is 0.721. The van der Waals surface area contributed by atoms with Gasteiger partial charge in [0.15, 0.2) is 0 Å². The Bertz CT molecular complexity index is 276. The Morgan fingerprint density at radius 1 is 1.33 bits per heavy atom. The number of hydrogen-bond acceptors (Lipinski definition) is 1. The second kappa shape index (κ2) is 3.15. The van der Waals surface area contributed by atoms with Crippen LogP contribution in [0.2, 0.25) is 0 Å². The summed E-state index contributed by atoms with van der Waals surface area (Å²) in [7, 11) is 0. The maximum Gasteiger partial charge on any atom is 0.124 e. The first-order chi connectivity index (χ1) is 5.75. The standard InChI is InChI=1S/C9H8BrFO/c10-8-1-6(2-9(11)3-8)7-4-12-5-7/h1-3,7H,4-5H2. The summed E-state index contributed by atoms with van der Waals surface area (Å²) < 4.78 is 18.7. The molecule has 1 heterocycles. The van der Waals surface area contributed by atoms with Crippen LogP contribution in [0.4, 0.5) is 4.39 Å². The first-order valence-electron chi connectivity index (χ1n) is 3.79. The zero-order valence-electron chi connectivity index (χ0n) is 6.39. The topological polar surface area (TPSA) is 9.23 Å². The average Bonchev–Trinajstić information content (AvgIpc) is 1.79. The second-order valence-electron chi connectivity index (χ2n) is 2.94. The maximum atomic E-state index is 12.9. The van der Waals surface area contributed by atoms with Gasteiger partial charge in [-0.25, -0.2) is 4.39 Å². The molecule has 12 heavy (non-hydrogen) atoms. The molecule has 1 aliphatic rings. The molecule has 2 rings (SSSR count). The van der Waals surface area contributed by atoms with Gasteiger partial charge in [-0.1, -0.05) is 15.9 Å². The van der Waals surface area contributed by atoms with E-state index in [9.17, 15) is 4.39 Å². The SMILES string of the molecule is Fc1cc(Br)cc(C2COC2)c1. The minimum Gasteiger partial charge on any atom is -0.380 e. The van der Waals surface area contributed by atoms with Crippen LogP contribution in [0.25, 0.3) is 0 Å². The minimum absolute atomic E-state index is 0.189. The van der Waals surface area contributed by atoms with E-state index in [1.54, 1.807) is 6.07 Å². The lowest BCUT2D eigenvalue weighted by Crippen LogP contribution is -2.25. The smallest absolute Gasteiger partial charge is 0.124 e. The van der Waals surface area contributed by atoms with Crippen LogP contribution in [0, 0.1) is 5.82 Å². The van der Waals surface area contributed by atoms with Crippen LogP contribution >= 0.6 is 15.9 Å². The largest absolute Gasteiger partial charge is 0.380 e. The van der Waals surface area contributed by atoms with Crippen molar-refractivity contribution in [2.75, 3.05) is 13.2 Å². The van der Waals surface area contributed by atoms with Crippen LogP contribution in [0.1, 0.15) is 11.5 Å². The van der Waals surface area contributed by atoms with Gasteiger partial charge in [0.25, 0.3) is 0 Å². The number of benzene rings is 1. The van der Waals surface area contributed by atoms with Gasteiger partial charge in [0, 0.05) is 10.4 Å². The number of rotatable bonds is 1. The Morgan fingerprint density at radius 3 is 2.58 bits per heavy atom. The third kappa shape index (κ3) is 1.52. The van der Waals surface area contributed by atoms with E-state index in [1.165, 1.54) is 6.07 Å². The van der Waals surface area contributed by atoms with Crippen molar-refractivity contribution in [3.63, 3.8) is 0 Å². The molecule has 64 valence electrons. The molecule has 0 aromatic heterocycles. The van der Waals surface area contributed by atoms with Gasteiger partial charge in [0.2, 0.25) is 0 Å². The van der Waals surface area contributed by atoms with Crippen LogP contribution in [0.15, 0.2) is 22.7 Å². The van der Waals surface area contributed by atoms with E-state index >= 15 is 0 Å². The van der Waals surface area contributed by atoms with Gasteiger partial charge >= 0.3 is 0 Å². The normalized spacial score (nSPS) is 17.5. The molecule has 3 heteroatoms. The predicted octanol–water partition coefficient (Wildman–Crippen LogP) is 2.70. The summed E-state index contributed by atoms with van der Waals surface area (Å²) in [6.07, 6.45) is 0. The summed E-state index contributed by atoms with van der Waals surface area (Å²) in [6.45, 7) is 1.44. The van der Waals surface area contributed by atoms with Crippen LogP contribution in [0.5, 0.6) is 0 Å². The van der Waals surface area contributed by atoms with E-state index in [2.05, 4.69) is 15.9 Å². The zero-order chi connectivity index (χ0) is 8.55. The lowest BCUT2D eigenvalue weighted by molar-refractivity contribution is 0.00830. The third-order valence-electron chi connectivity index (χ3n) is 1.99. The maximum absolute atomic E-state index is 12.9. The van der Waals surface area contributed by atoms with E-state index in [0.717, 1.165) is 23.2 Å². The third-order valence-corrected chi connectivity index (χ3v) is 2.45. The van der Waals surface area contributed by atoms with Crippen molar-refractivity contribution in [3.8, 4) is 0 Å². The highest BCUT2D eigenvalue weighted by Gasteiger charge is 2.20. The molecule has 0 bridgehead atoms. The highest BCUT2D eigenvalue weighted by molar-refractivity contribution is 9.10. The molecule has 0 aliphatic carbocycles. The molecule has 0 radical (unpaired) electrons. The highest BCUT2D eigenvalue weighted by atomic mass is 79.9. The lowest BCUT2D eigenvalue weighted by atomic mass is 9.98. The monoisotopic (exact) mass is 230 g/mol. The fourth-order valence-electron chi connectivity index (χ4n) is 1.24. The van der Waals surface area contributed by atoms with Gasteiger partial charge in [0.1, 0.15) is 5.82 Å². The Hall–Kier alpha value is -0.410. The zero-order valence-corrected chi connectivity index (χ0v) is 7.97. The average molecular weight is 231 g/mol. The molecule has 0 unspecified atom stereocenters. The van der Waals surface area contributed by atoms with Crippen molar-refractivity contribution in [2.45, 2.75) is 5.92 Å². The number of hydrogen-bond donors (Lipinski definition) is 0. The van der Waals surface area contributed by atoms with Crippen molar-refractivity contribution in [2.24, 2.45) is 0 Å². The summed E-state index contributed by atoms with van der Waals surface area (Å²) in [5.41, 5.74) is 1.02. The van der Waals surface area contributed by atoms with E-state index in [-0.39, 0.29) is 5.82 Å². The van der Waals surface area contributed by atoms with Gasteiger partial charge in [-0.05, 0) is 23.8 Å². The molecule has 1 aromatic carbocycles. The fourth-order valence-corrected chi connectivity index (χ4v) is 1.72. The van der Waals surface area contributed by atoms with Crippen LogP contribution in [0.3, 0.4) is 0 Å². The molecule has 0 saturated carbocycles. The molecule has 0 spiro atoms. The van der Waals surface area contributed by atoms with E-state index in [1.807, 2.05) is 6.07 Å². The molecule has 1 nitrogen and oxygen atoms in total. The van der Waals surface area contributed by atoms with E-state index in [4.69, 9.17) is 4.74 Å². The van der Waals surface area contributed by atoms with Crippen molar-refractivity contribution in [1.82, 2.24) is 0 Å². The summed E-state index contributed by atoms with van der Waals surface area (Å²) in [5, 5.41) is 0. The van der Waals surface area contributed by atoms with Crippen molar-refractivity contribution in [3.05, 3.63) is 34.1 Å². The molecule has 0 N–H and O–H groups in total. The van der Waals surface area contributed by atoms with Crippen LogP contribution < -0.4 is 0 Å². The first-order valence-corrected chi connectivity index (χ1v) is 4.59. The van der Waals surface area contributed by atoms with Crippen molar-refractivity contribution >= 4 is 15.9 Å². The fraction of sp³-hybridized carbons (Fsp3) is 0.333. The summed E-state index contributed by atoms with van der Waals surface area (Å²) in [5.74, 6) is 0.197. The predicted molar refractivity (Wildman–Crippen MR) is 47.7 cm³/mol. The Morgan fingerprint density at radius 2 is 2.08 bits per heavy atom. The Labute approximate surface area is 78.7 Å². The molecule has 1 aromatic rings. The minimum atomic E-state index is -0.189. The first kappa shape index (κ1) is 8.20. The molecule has 1 fully saturated rings. The molecule has 0 amide bonds. The van der Waals surface area contributed by atoms with Crippen LogP contribution in [-0.2, 0) is 4.74 Å². The lowest BCUT2D eigenvalue weighted by Gasteiger charge is -2.26. The van der Waals surface area contributed by atoms with Gasteiger partial charge in [-0.3, -0.25) is 0 Å². The van der Waals surface area contributed by atoms with E-state index < -0.39 is 0 Å². The van der Waals surface area contributed by atoms with Gasteiger partial charge in [-0.15, -0.1) is 0 Å². The summed E-state index contributed by atoms with van der Waals surface area (Å²) in [4.78, 5) is 0. The van der Waals surface area contributed by atoms with Gasteiger partial charge < -0.3 is 4.74 Å². The molecular weight excluding hydrogens is 223 g/mol. The van der Waals surface area contributed by atoms with E-state index in [0.29, 0.717) is 5.92 Å². The van der Waals surface area contributed by atoms with Gasteiger partial charge in [-0.2, -0.15) is 0 Å². The summed E-state index contributed by atoms with van der Waals surface area (Å²) in [6, 6.07) is 4.97.